The van der Waals surface area contributed by atoms with Gasteiger partial charge in [0.25, 0.3) is 0 Å². The van der Waals surface area contributed by atoms with Crippen LogP contribution in [0.1, 0.15) is 0 Å². The van der Waals surface area contributed by atoms with Crippen LogP contribution in [0.5, 0.6) is 0 Å². The third kappa shape index (κ3) is 5.90. The minimum atomic E-state index is 0.861. The van der Waals surface area contributed by atoms with E-state index in [0.717, 1.165) is 55.8 Å². The zero-order valence-electron chi connectivity index (χ0n) is 33.2. The van der Waals surface area contributed by atoms with Gasteiger partial charge in [0.1, 0.15) is 5.58 Å². The first kappa shape index (κ1) is 34.9. The van der Waals surface area contributed by atoms with E-state index in [9.17, 15) is 0 Å². The van der Waals surface area contributed by atoms with E-state index in [2.05, 4.69) is 240 Å². The Morgan fingerprint density at radius 3 is 1.56 bits per heavy atom. The van der Waals surface area contributed by atoms with Gasteiger partial charge in [-0.15, -0.1) is 0 Å². The molecule has 0 saturated heterocycles. The highest BCUT2D eigenvalue weighted by Gasteiger charge is 2.21. The fourth-order valence-electron chi connectivity index (χ4n) is 9.26. The molecule has 0 aliphatic heterocycles. The molecular formula is C58H38N2O. The molecule has 0 atom stereocenters. The second kappa shape index (κ2) is 14.3. The largest absolute Gasteiger partial charge is 0.454 e. The Morgan fingerprint density at radius 1 is 0.344 bits per heavy atom. The third-order valence-corrected chi connectivity index (χ3v) is 12.2. The van der Waals surface area contributed by atoms with Crippen molar-refractivity contribution in [1.29, 1.82) is 0 Å². The van der Waals surface area contributed by atoms with E-state index in [1.165, 1.54) is 54.8 Å². The van der Waals surface area contributed by atoms with Crippen LogP contribution in [-0.4, -0.2) is 4.57 Å². The standard InChI is InChI=1S/C58H38N2O/c1-3-12-39(13-4-1)41-22-30-46(31-23-41)59(54-21-11-19-52-57-49-17-8-7-16-44(49)29-37-56(57)61-58(52)54)47-32-26-43(27-33-47)45-28-36-51-50-18-9-10-20-53(50)60(55(51)38-45)48-34-24-42(25-35-48)40-14-5-2-6-15-40/h1-38H. The number of hydrogen-bond acceptors (Lipinski definition) is 2. The number of anilines is 3. The normalized spacial score (nSPS) is 11.6. The Bertz CT molecular complexity index is 3550. The molecule has 0 N–H and O–H groups in total. The molecule has 0 unspecified atom stereocenters. The summed E-state index contributed by atoms with van der Waals surface area (Å²) in [6.07, 6.45) is 0. The Labute approximate surface area is 353 Å². The van der Waals surface area contributed by atoms with E-state index in [-0.39, 0.29) is 0 Å². The van der Waals surface area contributed by atoms with Gasteiger partial charge in [0.2, 0.25) is 0 Å². The van der Waals surface area contributed by atoms with Gasteiger partial charge in [-0.05, 0) is 105 Å². The Morgan fingerprint density at radius 2 is 0.869 bits per heavy atom. The summed E-state index contributed by atoms with van der Waals surface area (Å²) in [4.78, 5) is 2.33. The van der Waals surface area contributed by atoms with Crippen LogP contribution in [0.25, 0.3) is 93.6 Å². The van der Waals surface area contributed by atoms with Crippen molar-refractivity contribution in [2.45, 2.75) is 0 Å². The molecule has 61 heavy (non-hydrogen) atoms. The molecule has 12 aromatic rings. The zero-order chi connectivity index (χ0) is 40.3. The molecule has 0 radical (unpaired) electrons. The van der Waals surface area contributed by atoms with E-state index < -0.39 is 0 Å². The van der Waals surface area contributed by atoms with Crippen LogP contribution in [0.4, 0.5) is 17.1 Å². The van der Waals surface area contributed by atoms with Crippen molar-refractivity contribution in [1.82, 2.24) is 4.57 Å². The van der Waals surface area contributed by atoms with Gasteiger partial charge < -0.3 is 13.9 Å². The summed E-state index contributed by atoms with van der Waals surface area (Å²) in [5.41, 5.74) is 15.4. The molecule has 3 heteroatoms. The van der Waals surface area contributed by atoms with Crippen LogP contribution in [0.3, 0.4) is 0 Å². The van der Waals surface area contributed by atoms with Crippen LogP contribution < -0.4 is 4.90 Å². The fraction of sp³-hybridized carbons (Fsp3) is 0. The summed E-state index contributed by atoms with van der Waals surface area (Å²) in [7, 11) is 0. The van der Waals surface area contributed by atoms with Crippen LogP contribution in [0.15, 0.2) is 235 Å². The summed E-state index contributed by atoms with van der Waals surface area (Å²) < 4.78 is 9.20. The number of nitrogens with zero attached hydrogens (tertiary/aromatic N) is 2. The molecule has 12 rings (SSSR count). The lowest BCUT2D eigenvalue weighted by atomic mass is 10.0. The van der Waals surface area contributed by atoms with Crippen molar-refractivity contribution in [2.24, 2.45) is 0 Å². The van der Waals surface area contributed by atoms with E-state index in [4.69, 9.17) is 4.42 Å². The predicted octanol–water partition coefficient (Wildman–Crippen LogP) is 16.3. The maximum atomic E-state index is 6.80. The van der Waals surface area contributed by atoms with Crippen LogP contribution in [0.2, 0.25) is 0 Å². The van der Waals surface area contributed by atoms with E-state index in [1.54, 1.807) is 0 Å². The highest BCUT2D eigenvalue weighted by molar-refractivity contribution is 6.21. The molecule has 286 valence electrons. The van der Waals surface area contributed by atoms with Crippen molar-refractivity contribution >= 4 is 71.6 Å². The van der Waals surface area contributed by atoms with Crippen LogP contribution in [0, 0.1) is 0 Å². The molecular weight excluding hydrogens is 741 g/mol. The maximum Gasteiger partial charge on any atom is 0.159 e. The van der Waals surface area contributed by atoms with Crippen molar-refractivity contribution in [3.8, 4) is 39.1 Å². The minimum Gasteiger partial charge on any atom is -0.454 e. The number of benzene rings is 10. The highest BCUT2D eigenvalue weighted by atomic mass is 16.3. The summed E-state index contributed by atoms with van der Waals surface area (Å²) in [6, 6.07) is 82.8. The second-order valence-electron chi connectivity index (χ2n) is 15.7. The summed E-state index contributed by atoms with van der Waals surface area (Å²) in [5, 5.41) is 7.12. The molecule has 2 aromatic heterocycles. The Balaban J connectivity index is 0.977. The third-order valence-electron chi connectivity index (χ3n) is 12.2. The highest BCUT2D eigenvalue weighted by Crippen LogP contribution is 2.45. The first-order valence-electron chi connectivity index (χ1n) is 20.8. The molecule has 2 heterocycles. The summed E-state index contributed by atoms with van der Waals surface area (Å²) in [5.74, 6) is 0. The van der Waals surface area contributed by atoms with Gasteiger partial charge in [-0.3, -0.25) is 0 Å². The molecule has 0 bridgehead atoms. The quantitative estimate of drug-likeness (QED) is 0.161. The van der Waals surface area contributed by atoms with Gasteiger partial charge in [0.05, 0.1) is 16.7 Å². The smallest absolute Gasteiger partial charge is 0.159 e. The molecule has 3 nitrogen and oxygen atoms in total. The molecule has 0 fully saturated rings. The van der Waals surface area contributed by atoms with Crippen molar-refractivity contribution in [3.05, 3.63) is 231 Å². The fourth-order valence-corrected chi connectivity index (χ4v) is 9.26. The average molecular weight is 779 g/mol. The molecule has 0 spiro atoms. The van der Waals surface area contributed by atoms with Gasteiger partial charge in [0.15, 0.2) is 5.58 Å². The number of rotatable bonds is 7. The number of furan rings is 1. The van der Waals surface area contributed by atoms with Gasteiger partial charge in [-0.1, -0.05) is 170 Å². The van der Waals surface area contributed by atoms with Crippen molar-refractivity contribution in [2.75, 3.05) is 4.90 Å². The molecule has 10 aromatic carbocycles. The van der Waals surface area contributed by atoms with Crippen LogP contribution in [-0.2, 0) is 0 Å². The maximum absolute atomic E-state index is 6.80. The predicted molar refractivity (Wildman–Crippen MR) is 257 cm³/mol. The number of para-hydroxylation sites is 2. The van der Waals surface area contributed by atoms with Crippen LogP contribution >= 0.6 is 0 Å². The number of hydrogen-bond donors (Lipinski definition) is 0. The average Bonchev–Trinajstić information content (AvgIpc) is 3.89. The number of aromatic nitrogens is 1. The Hall–Kier alpha value is -8.14. The summed E-state index contributed by atoms with van der Waals surface area (Å²) in [6.45, 7) is 0. The monoisotopic (exact) mass is 778 g/mol. The number of fused-ring (bicyclic) bond motifs is 8. The topological polar surface area (TPSA) is 21.3 Å². The van der Waals surface area contributed by atoms with Crippen molar-refractivity contribution < 1.29 is 4.42 Å². The van der Waals surface area contributed by atoms with E-state index in [1.807, 2.05) is 0 Å². The van der Waals surface area contributed by atoms with Gasteiger partial charge in [-0.25, -0.2) is 0 Å². The molecule has 0 aliphatic rings. The summed E-state index contributed by atoms with van der Waals surface area (Å²) >= 11 is 0. The zero-order valence-corrected chi connectivity index (χ0v) is 33.2. The van der Waals surface area contributed by atoms with E-state index in [0.29, 0.717) is 0 Å². The SMILES string of the molecule is c1ccc(-c2ccc(N(c3ccc(-c4ccc5c6ccccc6n(-c6ccc(-c7ccccc7)cc6)c5c4)cc3)c3cccc4c3oc3ccc5ccccc5c34)cc2)cc1. The lowest BCUT2D eigenvalue weighted by Gasteiger charge is -2.26. The van der Waals surface area contributed by atoms with Gasteiger partial charge >= 0.3 is 0 Å². The molecule has 0 amide bonds. The minimum absolute atomic E-state index is 0.861. The molecule has 0 saturated carbocycles. The lowest BCUT2D eigenvalue weighted by Crippen LogP contribution is -2.10. The Kier molecular flexibility index (Phi) is 8.17. The second-order valence-corrected chi connectivity index (χ2v) is 15.7. The lowest BCUT2D eigenvalue weighted by molar-refractivity contribution is 0.669. The first-order chi connectivity index (χ1) is 30.2. The van der Waals surface area contributed by atoms with Gasteiger partial charge in [0, 0.05) is 38.6 Å². The van der Waals surface area contributed by atoms with Crippen molar-refractivity contribution in [3.63, 3.8) is 0 Å². The molecule has 0 aliphatic carbocycles. The van der Waals surface area contributed by atoms with Gasteiger partial charge in [-0.2, -0.15) is 0 Å². The first-order valence-corrected chi connectivity index (χ1v) is 20.8. The van der Waals surface area contributed by atoms with E-state index >= 15 is 0 Å².